The maximum absolute atomic E-state index is 13.0. The van der Waals surface area contributed by atoms with Crippen LogP contribution in [-0.2, 0) is 4.79 Å². The molecule has 1 saturated heterocycles. The Hall–Kier alpha value is -2.02. The van der Waals surface area contributed by atoms with Gasteiger partial charge in [-0.05, 0) is 18.6 Å². The Morgan fingerprint density at radius 3 is 2.75 bits per heavy atom. The van der Waals surface area contributed by atoms with Crippen LogP contribution in [0.5, 0.6) is 0 Å². The van der Waals surface area contributed by atoms with Crippen molar-refractivity contribution in [1.29, 1.82) is 0 Å². The summed E-state index contributed by atoms with van der Waals surface area (Å²) in [6, 6.07) is 4.16. The van der Waals surface area contributed by atoms with E-state index in [0.29, 0.717) is 26.2 Å². The molecule has 2 N–H and O–H groups in total. The van der Waals surface area contributed by atoms with Gasteiger partial charge in [0, 0.05) is 26.2 Å². The normalized spacial score (nSPS) is 16.8. The number of pyridine rings is 1. The molecule has 2 heterocycles. The van der Waals surface area contributed by atoms with Crippen molar-refractivity contribution >= 4 is 11.8 Å². The quantitative estimate of drug-likeness (QED) is 0.781. The predicted octanol–water partition coefficient (Wildman–Crippen LogP) is -0.146. The average molecular weight is 280 g/mol. The second-order valence-corrected chi connectivity index (χ2v) is 4.73. The van der Waals surface area contributed by atoms with Crippen LogP contribution >= 0.6 is 0 Å². The van der Waals surface area contributed by atoms with Gasteiger partial charge in [-0.1, -0.05) is 6.07 Å². The molecule has 0 atom stereocenters. The van der Waals surface area contributed by atoms with E-state index in [0.717, 1.165) is 6.42 Å². The number of rotatable bonds is 3. The van der Waals surface area contributed by atoms with Crippen molar-refractivity contribution in [2.24, 2.45) is 5.73 Å². The Labute approximate surface area is 116 Å². The van der Waals surface area contributed by atoms with Crippen molar-refractivity contribution in [2.75, 3.05) is 32.7 Å². The molecule has 0 spiro atoms. The van der Waals surface area contributed by atoms with Crippen molar-refractivity contribution in [2.45, 2.75) is 6.42 Å². The highest BCUT2D eigenvalue weighted by Crippen LogP contribution is 2.08. The van der Waals surface area contributed by atoms with Crippen LogP contribution in [0.4, 0.5) is 4.39 Å². The van der Waals surface area contributed by atoms with Gasteiger partial charge >= 0.3 is 0 Å². The summed E-state index contributed by atoms with van der Waals surface area (Å²) < 4.78 is 13.0. The summed E-state index contributed by atoms with van der Waals surface area (Å²) in [6.45, 7) is 2.52. The summed E-state index contributed by atoms with van der Waals surface area (Å²) in [4.78, 5) is 30.3. The van der Waals surface area contributed by atoms with E-state index in [1.807, 2.05) is 4.90 Å². The van der Waals surface area contributed by atoms with Gasteiger partial charge in [0.2, 0.25) is 11.9 Å². The number of aromatic nitrogens is 1. The minimum Gasteiger partial charge on any atom is -0.369 e. The van der Waals surface area contributed by atoms with E-state index in [1.54, 1.807) is 4.90 Å². The molecule has 0 aliphatic carbocycles. The van der Waals surface area contributed by atoms with Gasteiger partial charge in [0.15, 0.2) is 0 Å². The molecule has 0 aromatic carbocycles. The predicted molar refractivity (Wildman–Crippen MR) is 70.3 cm³/mol. The van der Waals surface area contributed by atoms with Crippen molar-refractivity contribution in [3.8, 4) is 0 Å². The maximum atomic E-state index is 13.0. The number of primary amides is 1. The van der Waals surface area contributed by atoms with E-state index < -0.39 is 5.95 Å². The number of nitrogens with zero attached hydrogens (tertiary/aromatic N) is 3. The van der Waals surface area contributed by atoms with Crippen LogP contribution in [-0.4, -0.2) is 59.3 Å². The Morgan fingerprint density at radius 1 is 1.25 bits per heavy atom. The third kappa shape index (κ3) is 3.74. The van der Waals surface area contributed by atoms with Gasteiger partial charge in [-0.2, -0.15) is 4.39 Å². The summed E-state index contributed by atoms with van der Waals surface area (Å²) in [7, 11) is 0. The topological polar surface area (TPSA) is 79.5 Å². The molecule has 108 valence electrons. The zero-order chi connectivity index (χ0) is 14.5. The molecule has 7 heteroatoms. The minimum absolute atomic E-state index is 0.105. The largest absolute Gasteiger partial charge is 0.369 e. The number of hydrogen-bond donors (Lipinski definition) is 1. The first-order valence-electron chi connectivity index (χ1n) is 6.49. The van der Waals surface area contributed by atoms with E-state index in [9.17, 15) is 14.0 Å². The summed E-state index contributed by atoms with van der Waals surface area (Å²) in [5.41, 5.74) is 5.27. The summed E-state index contributed by atoms with van der Waals surface area (Å²) in [5.74, 6) is -1.33. The van der Waals surface area contributed by atoms with Crippen LogP contribution in [0.1, 0.15) is 16.9 Å². The molecule has 1 aliphatic rings. The zero-order valence-electron chi connectivity index (χ0n) is 11.1. The first-order chi connectivity index (χ1) is 9.56. The van der Waals surface area contributed by atoms with E-state index in [4.69, 9.17) is 5.73 Å². The van der Waals surface area contributed by atoms with Gasteiger partial charge in [-0.25, -0.2) is 4.98 Å². The molecule has 0 bridgehead atoms. The molecule has 20 heavy (non-hydrogen) atoms. The fourth-order valence-electron chi connectivity index (χ4n) is 2.24. The molecule has 1 aromatic rings. The Kier molecular flexibility index (Phi) is 4.62. The van der Waals surface area contributed by atoms with Crippen molar-refractivity contribution in [3.05, 3.63) is 29.8 Å². The lowest BCUT2D eigenvalue weighted by atomic mass is 10.3. The highest BCUT2D eigenvalue weighted by molar-refractivity contribution is 5.92. The lowest BCUT2D eigenvalue weighted by Crippen LogP contribution is -2.38. The standard InChI is InChI=1S/C13H17FN4O2/c14-11-4-1-3-10(16-11)13(20)18-6-2-5-17(7-8-18)9-12(15)19/h1,3-4H,2,5-9H2,(H2,15,19). The fourth-order valence-corrected chi connectivity index (χ4v) is 2.24. The monoisotopic (exact) mass is 280 g/mol. The van der Waals surface area contributed by atoms with Crippen LogP contribution < -0.4 is 5.73 Å². The molecule has 0 radical (unpaired) electrons. The Morgan fingerprint density at radius 2 is 2.05 bits per heavy atom. The SMILES string of the molecule is NC(=O)CN1CCCN(C(=O)c2cccc(F)n2)CC1. The zero-order valence-corrected chi connectivity index (χ0v) is 11.1. The van der Waals surface area contributed by atoms with Crippen LogP contribution in [0, 0.1) is 5.95 Å². The third-order valence-corrected chi connectivity index (χ3v) is 3.19. The average Bonchev–Trinajstić information content (AvgIpc) is 2.63. The van der Waals surface area contributed by atoms with Gasteiger partial charge in [0.1, 0.15) is 5.69 Å². The van der Waals surface area contributed by atoms with Gasteiger partial charge in [-0.3, -0.25) is 14.5 Å². The number of carbonyl (C=O) groups is 2. The second kappa shape index (κ2) is 6.42. The lowest BCUT2D eigenvalue weighted by Gasteiger charge is -2.20. The van der Waals surface area contributed by atoms with E-state index >= 15 is 0 Å². The molecular weight excluding hydrogens is 263 g/mol. The van der Waals surface area contributed by atoms with Crippen molar-refractivity contribution in [1.82, 2.24) is 14.8 Å². The first-order valence-corrected chi connectivity index (χ1v) is 6.49. The van der Waals surface area contributed by atoms with E-state index in [1.165, 1.54) is 18.2 Å². The van der Waals surface area contributed by atoms with Crippen molar-refractivity contribution < 1.29 is 14.0 Å². The molecule has 2 amide bonds. The van der Waals surface area contributed by atoms with Gasteiger partial charge in [0.25, 0.3) is 5.91 Å². The number of amides is 2. The van der Waals surface area contributed by atoms with E-state index in [2.05, 4.69) is 4.98 Å². The van der Waals surface area contributed by atoms with Crippen molar-refractivity contribution in [3.63, 3.8) is 0 Å². The number of halogens is 1. The third-order valence-electron chi connectivity index (χ3n) is 3.19. The minimum atomic E-state index is -0.666. The molecule has 1 aromatic heterocycles. The van der Waals surface area contributed by atoms with Crippen LogP contribution in [0.25, 0.3) is 0 Å². The van der Waals surface area contributed by atoms with Crippen LogP contribution in [0.3, 0.4) is 0 Å². The highest BCUT2D eigenvalue weighted by Gasteiger charge is 2.21. The lowest BCUT2D eigenvalue weighted by molar-refractivity contribution is -0.119. The fraction of sp³-hybridized carbons (Fsp3) is 0.462. The first kappa shape index (κ1) is 14.4. The molecule has 1 fully saturated rings. The van der Waals surface area contributed by atoms with E-state index in [-0.39, 0.29) is 24.1 Å². The second-order valence-electron chi connectivity index (χ2n) is 4.73. The van der Waals surface area contributed by atoms with Gasteiger partial charge < -0.3 is 10.6 Å². The number of carbonyl (C=O) groups excluding carboxylic acids is 2. The molecular formula is C13H17FN4O2. The smallest absolute Gasteiger partial charge is 0.272 e. The summed E-state index contributed by atoms with van der Waals surface area (Å²) in [5, 5.41) is 0. The number of hydrogen-bond acceptors (Lipinski definition) is 4. The Balaban J connectivity index is 1.99. The summed E-state index contributed by atoms with van der Waals surface area (Å²) in [6.07, 6.45) is 0.744. The van der Waals surface area contributed by atoms with Crippen LogP contribution in [0.2, 0.25) is 0 Å². The molecule has 0 unspecified atom stereocenters. The molecule has 2 rings (SSSR count). The van der Waals surface area contributed by atoms with Gasteiger partial charge in [-0.15, -0.1) is 0 Å². The summed E-state index contributed by atoms with van der Waals surface area (Å²) >= 11 is 0. The van der Waals surface area contributed by atoms with Crippen LogP contribution in [0.15, 0.2) is 18.2 Å². The highest BCUT2D eigenvalue weighted by atomic mass is 19.1. The Bertz CT molecular complexity index is 509. The molecule has 0 saturated carbocycles. The number of nitrogens with two attached hydrogens (primary N) is 1. The van der Waals surface area contributed by atoms with Gasteiger partial charge in [0.05, 0.1) is 6.54 Å². The molecule has 1 aliphatic heterocycles. The molecule has 6 nitrogen and oxygen atoms in total. The maximum Gasteiger partial charge on any atom is 0.272 e.